The van der Waals surface area contributed by atoms with Crippen LogP contribution in [-0.2, 0) is 4.79 Å². The molecule has 5 rings (SSSR count). The maximum Gasteiger partial charge on any atom is 0.255 e. The zero-order valence-electron chi connectivity index (χ0n) is 23.5. The number of hydrogen-bond donors (Lipinski definition) is 4. The van der Waals surface area contributed by atoms with Gasteiger partial charge in [-0.15, -0.1) is 0 Å². The van der Waals surface area contributed by atoms with Crippen LogP contribution in [0.15, 0.2) is 83.5 Å². The molecule has 0 aliphatic rings. The molecule has 1 amide bonds. The van der Waals surface area contributed by atoms with Crippen molar-refractivity contribution < 1.29 is 24.2 Å². The first-order valence-electron chi connectivity index (χ1n) is 12.9. The molecule has 0 aliphatic carbocycles. The first-order valence-corrected chi connectivity index (χ1v) is 12.9. The standard InChI is InChI=1S/C30H28N4O3.CH4O.CH2O/c1-18(2)16-31-28-26-25(21-7-5-9-24(35)15-21)27(37-30(26)33-17-32-28)20-10-12-23(13-11-20)34-29(36)22-8-4-6-19(3)14-22;2*1-2/h4-15,17-18,35H,16H2,1-3H3,(H,34,36)(H,31,32,33);2H,1H3;1H2. The molecule has 0 saturated carbocycles. The summed E-state index contributed by atoms with van der Waals surface area (Å²) < 4.78 is 6.27. The number of nitrogens with zero attached hydrogens (tertiary/aromatic N) is 2. The van der Waals surface area contributed by atoms with Crippen molar-refractivity contribution in [2.24, 2.45) is 5.92 Å². The number of aliphatic hydroxyl groups is 1. The normalized spacial score (nSPS) is 10.3. The average molecular weight is 555 g/mol. The third kappa shape index (κ3) is 7.34. The highest BCUT2D eigenvalue weighted by Crippen LogP contribution is 2.43. The van der Waals surface area contributed by atoms with Gasteiger partial charge in [0.05, 0.1) is 5.39 Å². The summed E-state index contributed by atoms with van der Waals surface area (Å²) in [4.78, 5) is 29.5. The average Bonchev–Trinajstić information content (AvgIpc) is 3.39. The topological polar surface area (TPSA) is 138 Å². The van der Waals surface area contributed by atoms with E-state index in [0.29, 0.717) is 34.5 Å². The summed E-state index contributed by atoms with van der Waals surface area (Å²) in [7, 11) is 1.00. The van der Waals surface area contributed by atoms with Gasteiger partial charge in [-0.05, 0) is 66.9 Å². The number of aryl methyl sites for hydroxylation is 1. The number of rotatable bonds is 7. The molecule has 212 valence electrons. The second kappa shape index (κ2) is 14.4. The van der Waals surface area contributed by atoms with Crippen molar-refractivity contribution in [1.29, 1.82) is 0 Å². The molecule has 0 fully saturated rings. The van der Waals surface area contributed by atoms with Gasteiger partial charge in [0.15, 0.2) is 0 Å². The van der Waals surface area contributed by atoms with E-state index in [1.807, 2.05) is 62.2 Å². The number of fused-ring (bicyclic) bond motifs is 1. The van der Waals surface area contributed by atoms with Crippen LogP contribution >= 0.6 is 0 Å². The molecular weight excluding hydrogens is 520 g/mol. The number of anilines is 2. The maximum absolute atomic E-state index is 12.7. The monoisotopic (exact) mass is 554 g/mol. The quantitative estimate of drug-likeness (QED) is 0.184. The number of nitrogens with one attached hydrogen (secondary N) is 2. The lowest BCUT2D eigenvalue weighted by Crippen LogP contribution is -2.11. The van der Waals surface area contributed by atoms with E-state index in [1.165, 1.54) is 6.33 Å². The fraction of sp³-hybridized carbons (Fsp3) is 0.188. The Balaban J connectivity index is 0.00000111. The molecule has 0 saturated heterocycles. The minimum atomic E-state index is -0.170. The molecule has 3 aromatic carbocycles. The highest BCUT2D eigenvalue weighted by molar-refractivity contribution is 6.07. The molecule has 5 aromatic rings. The van der Waals surface area contributed by atoms with Crippen molar-refractivity contribution >= 4 is 35.3 Å². The lowest BCUT2D eigenvalue weighted by Gasteiger charge is -2.10. The third-order valence-electron chi connectivity index (χ3n) is 5.99. The molecule has 0 bridgehead atoms. The van der Waals surface area contributed by atoms with Crippen molar-refractivity contribution in [3.05, 3.63) is 90.3 Å². The summed E-state index contributed by atoms with van der Waals surface area (Å²) >= 11 is 0. The van der Waals surface area contributed by atoms with Gasteiger partial charge in [0.1, 0.15) is 30.4 Å². The minimum absolute atomic E-state index is 0.153. The first-order chi connectivity index (χ1) is 19.9. The van der Waals surface area contributed by atoms with Crippen molar-refractivity contribution in [2.75, 3.05) is 24.3 Å². The van der Waals surface area contributed by atoms with Crippen LogP contribution in [0, 0.1) is 12.8 Å². The number of carbonyl (C=O) groups is 2. The van der Waals surface area contributed by atoms with Crippen LogP contribution in [0.2, 0.25) is 0 Å². The first kappa shape index (κ1) is 30.5. The highest BCUT2D eigenvalue weighted by atomic mass is 16.3. The molecule has 4 N–H and O–H groups in total. The number of phenols is 1. The van der Waals surface area contributed by atoms with E-state index in [1.54, 1.807) is 24.3 Å². The van der Waals surface area contributed by atoms with Gasteiger partial charge in [0.2, 0.25) is 5.71 Å². The largest absolute Gasteiger partial charge is 0.508 e. The van der Waals surface area contributed by atoms with Crippen LogP contribution in [-0.4, -0.2) is 46.5 Å². The van der Waals surface area contributed by atoms with Crippen LogP contribution in [0.25, 0.3) is 33.6 Å². The molecule has 0 unspecified atom stereocenters. The van der Waals surface area contributed by atoms with Gasteiger partial charge in [0.25, 0.3) is 5.91 Å². The minimum Gasteiger partial charge on any atom is -0.508 e. The second-order valence-corrected chi connectivity index (χ2v) is 9.43. The fourth-order valence-corrected chi connectivity index (χ4v) is 4.20. The van der Waals surface area contributed by atoms with Gasteiger partial charge < -0.3 is 30.1 Å². The summed E-state index contributed by atoms with van der Waals surface area (Å²) in [6.45, 7) is 8.95. The molecule has 0 atom stereocenters. The predicted octanol–water partition coefficient (Wildman–Crippen LogP) is 6.31. The van der Waals surface area contributed by atoms with Gasteiger partial charge in [0, 0.05) is 36.0 Å². The number of carbonyl (C=O) groups excluding carboxylic acids is 2. The van der Waals surface area contributed by atoms with Gasteiger partial charge in [-0.25, -0.2) is 9.97 Å². The molecular formula is C32H34N4O5. The summed E-state index contributed by atoms with van der Waals surface area (Å²) in [6, 6.07) is 22.0. The molecule has 0 aliphatic heterocycles. The van der Waals surface area contributed by atoms with Crippen LogP contribution in [0.4, 0.5) is 11.5 Å². The van der Waals surface area contributed by atoms with Crippen molar-refractivity contribution in [3.8, 4) is 28.2 Å². The fourth-order valence-electron chi connectivity index (χ4n) is 4.20. The van der Waals surface area contributed by atoms with E-state index in [0.717, 1.165) is 41.3 Å². The summed E-state index contributed by atoms with van der Waals surface area (Å²) in [6.07, 6.45) is 1.48. The predicted molar refractivity (Wildman–Crippen MR) is 162 cm³/mol. The number of aromatic nitrogens is 2. The Bertz CT molecular complexity index is 1600. The van der Waals surface area contributed by atoms with E-state index in [-0.39, 0.29) is 11.7 Å². The van der Waals surface area contributed by atoms with E-state index in [9.17, 15) is 9.90 Å². The Morgan fingerprint density at radius 2 is 1.66 bits per heavy atom. The third-order valence-corrected chi connectivity index (χ3v) is 5.99. The lowest BCUT2D eigenvalue weighted by molar-refractivity contribution is -0.0980. The molecule has 9 heteroatoms. The molecule has 9 nitrogen and oxygen atoms in total. The van der Waals surface area contributed by atoms with E-state index < -0.39 is 0 Å². The second-order valence-electron chi connectivity index (χ2n) is 9.43. The zero-order chi connectivity index (χ0) is 29.9. The van der Waals surface area contributed by atoms with E-state index >= 15 is 0 Å². The van der Waals surface area contributed by atoms with E-state index in [2.05, 4.69) is 34.4 Å². The summed E-state index contributed by atoms with van der Waals surface area (Å²) in [5, 5.41) is 24.3. The number of benzene rings is 3. The molecule has 0 spiro atoms. The Kier molecular flexibility index (Phi) is 10.7. The molecule has 2 aromatic heterocycles. The van der Waals surface area contributed by atoms with Gasteiger partial charge >= 0.3 is 0 Å². The summed E-state index contributed by atoms with van der Waals surface area (Å²) in [5.74, 6) is 1.68. The highest BCUT2D eigenvalue weighted by Gasteiger charge is 2.22. The van der Waals surface area contributed by atoms with Crippen LogP contribution in [0.1, 0.15) is 29.8 Å². The molecule has 41 heavy (non-hydrogen) atoms. The zero-order valence-corrected chi connectivity index (χ0v) is 23.5. The number of furan rings is 1. The van der Waals surface area contributed by atoms with Crippen LogP contribution < -0.4 is 10.6 Å². The van der Waals surface area contributed by atoms with Gasteiger partial charge in [-0.2, -0.15) is 0 Å². The molecule has 2 heterocycles. The Labute approximate surface area is 238 Å². The number of hydrogen-bond acceptors (Lipinski definition) is 8. The van der Waals surface area contributed by atoms with Gasteiger partial charge in [-0.1, -0.05) is 43.7 Å². The van der Waals surface area contributed by atoms with Crippen molar-refractivity contribution in [3.63, 3.8) is 0 Å². The maximum atomic E-state index is 12.7. The van der Waals surface area contributed by atoms with Crippen LogP contribution in [0.3, 0.4) is 0 Å². The van der Waals surface area contributed by atoms with Gasteiger partial charge in [-0.3, -0.25) is 4.79 Å². The van der Waals surface area contributed by atoms with Crippen molar-refractivity contribution in [2.45, 2.75) is 20.8 Å². The number of amides is 1. The lowest BCUT2D eigenvalue weighted by atomic mass is 9.99. The molecule has 0 radical (unpaired) electrons. The van der Waals surface area contributed by atoms with Crippen molar-refractivity contribution in [1.82, 2.24) is 9.97 Å². The number of phenolic OH excluding ortho intramolecular Hbond substituents is 1. The smallest absolute Gasteiger partial charge is 0.255 e. The summed E-state index contributed by atoms with van der Waals surface area (Å²) in [5.41, 5.74) is 5.13. The Hall–Kier alpha value is -5.02. The van der Waals surface area contributed by atoms with Crippen LogP contribution in [0.5, 0.6) is 5.75 Å². The Morgan fingerprint density at radius 1 is 0.951 bits per heavy atom. The Morgan fingerprint density at radius 3 is 2.32 bits per heavy atom. The van der Waals surface area contributed by atoms with E-state index in [4.69, 9.17) is 14.3 Å². The SMILES string of the molecule is C=O.CO.Cc1cccc(C(=O)Nc2ccc(-c3oc4ncnc(NCC(C)C)c4c3-c3cccc(O)c3)cc2)c1. The number of aromatic hydroxyl groups is 1. The number of aliphatic hydroxyl groups excluding tert-OH is 1.